The summed E-state index contributed by atoms with van der Waals surface area (Å²) in [5.74, 6) is -2.60. The maximum absolute atomic E-state index is 12.9. The van der Waals surface area contributed by atoms with Crippen LogP contribution in [0.25, 0.3) is 0 Å². The molecule has 1 unspecified atom stereocenters. The lowest BCUT2D eigenvalue weighted by Gasteiger charge is -2.29. The van der Waals surface area contributed by atoms with Gasteiger partial charge in [0, 0.05) is 5.54 Å². The zero-order valence-corrected chi connectivity index (χ0v) is 14.0. The lowest BCUT2D eigenvalue weighted by Crippen LogP contribution is -2.53. The van der Waals surface area contributed by atoms with Gasteiger partial charge in [0.25, 0.3) is 0 Å². The number of hydrogen-bond acceptors (Lipinski definition) is 3. The SMILES string of the molecule is CC(C[C@H](NC=O)C(=O)NC(C)(C)Cc1ccc(F)cc1)C(=O)O. The van der Waals surface area contributed by atoms with E-state index in [-0.39, 0.29) is 12.2 Å². The fourth-order valence-corrected chi connectivity index (χ4v) is 2.36. The van der Waals surface area contributed by atoms with Crippen LogP contribution in [0.3, 0.4) is 0 Å². The fourth-order valence-electron chi connectivity index (χ4n) is 2.36. The Morgan fingerprint density at radius 2 is 1.88 bits per heavy atom. The zero-order valence-electron chi connectivity index (χ0n) is 14.0. The van der Waals surface area contributed by atoms with Gasteiger partial charge in [-0.25, -0.2) is 4.39 Å². The van der Waals surface area contributed by atoms with Gasteiger partial charge in [0.2, 0.25) is 12.3 Å². The number of carbonyl (C=O) groups is 3. The Labute approximate surface area is 140 Å². The maximum atomic E-state index is 12.9. The molecule has 6 nitrogen and oxygen atoms in total. The molecule has 0 bridgehead atoms. The molecule has 132 valence electrons. The molecule has 2 amide bonds. The number of benzene rings is 1. The molecule has 1 rings (SSSR count). The average molecular weight is 338 g/mol. The number of rotatable bonds is 9. The summed E-state index contributed by atoms with van der Waals surface area (Å²) in [7, 11) is 0. The molecule has 0 aliphatic heterocycles. The molecule has 0 saturated carbocycles. The van der Waals surface area contributed by atoms with Crippen molar-refractivity contribution in [3.05, 3.63) is 35.6 Å². The summed E-state index contributed by atoms with van der Waals surface area (Å²) >= 11 is 0. The monoisotopic (exact) mass is 338 g/mol. The van der Waals surface area contributed by atoms with Gasteiger partial charge in [-0.3, -0.25) is 14.4 Å². The third-order valence-corrected chi connectivity index (χ3v) is 3.62. The Bertz CT molecular complexity index is 587. The van der Waals surface area contributed by atoms with Crippen molar-refractivity contribution < 1.29 is 23.9 Å². The molecule has 0 radical (unpaired) electrons. The van der Waals surface area contributed by atoms with Crippen LogP contribution in [-0.2, 0) is 20.8 Å². The number of carboxylic acid groups (broad SMARTS) is 1. The van der Waals surface area contributed by atoms with E-state index in [0.29, 0.717) is 12.8 Å². The number of halogens is 1. The van der Waals surface area contributed by atoms with E-state index in [2.05, 4.69) is 10.6 Å². The van der Waals surface area contributed by atoms with E-state index in [0.717, 1.165) is 5.56 Å². The van der Waals surface area contributed by atoms with Crippen LogP contribution < -0.4 is 10.6 Å². The molecule has 0 fully saturated rings. The molecule has 0 heterocycles. The van der Waals surface area contributed by atoms with Crippen LogP contribution in [0.4, 0.5) is 4.39 Å². The van der Waals surface area contributed by atoms with Gasteiger partial charge in [0.15, 0.2) is 0 Å². The highest BCUT2D eigenvalue weighted by molar-refractivity contribution is 5.85. The quantitative estimate of drug-likeness (QED) is 0.595. The first-order chi connectivity index (χ1) is 11.1. The molecule has 3 N–H and O–H groups in total. The highest BCUT2D eigenvalue weighted by Crippen LogP contribution is 2.15. The molecule has 0 aliphatic carbocycles. The van der Waals surface area contributed by atoms with Crippen molar-refractivity contribution in [2.24, 2.45) is 5.92 Å². The van der Waals surface area contributed by atoms with Gasteiger partial charge in [-0.1, -0.05) is 19.1 Å². The van der Waals surface area contributed by atoms with E-state index in [4.69, 9.17) is 5.11 Å². The molecule has 2 atom stereocenters. The topological polar surface area (TPSA) is 95.5 Å². The molecule has 0 aromatic heterocycles. The second-order valence-electron chi connectivity index (χ2n) is 6.49. The minimum atomic E-state index is -1.04. The minimum absolute atomic E-state index is 0.00741. The van der Waals surface area contributed by atoms with Crippen molar-refractivity contribution >= 4 is 18.3 Å². The number of hydrogen-bond donors (Lipinski definition) is 3. The van der Waals surface area contributed by atoms with Crippen molar-refractivity contribution in [3.8, 4) is 0 Å². The third-order valence-electron chi connectivity index (χ3n) is 3.62. The first-order valence-corrected chi connectivity index (χ1v) is 7.63. The summed E-state index contributed by atoms with van der Waals surface area (Å²) in [5.41, 5.74) is 0.199. The van der Waals surface area contributed by atoms with Crippen molar-refractivity contribution in [2.45, 2.75) is 45.2 Å². The van der Waals surface area contributed by atoms with Crippen molar-refractivity contribution in [1.29, 1.82) is 0 Å². The van der Waals surface area contributed by atoms with Crippen LogP contribution in [-0.4, -0.2) is 35.0 Å². The van der Waals surface area contributed by atoms with Gasteiger partial charge in [-0.05, 0) is 44.4 Å². The summed E-state index contributed by atoms with van der Waals surface area (Å²) in [6.45, 7) is 5.07. The predicted molar refractivity (Wildman–Crippen MR) is 86.7 cm³/mol. The first kappa shape index (κ1) is 19.6. The summed E-state index contributed by atoms with van der Waals surface area (Å²) in [5, 5.41) is 14.1. The molecule has 0 aliphatic rings. The summed E-state index contributed by atoms with van der Waals surface area (Å²) in [6, 6.07) is 5.03. The van der Waals surface area contributed by atoms with E-state index >= 15 is 0 Å². The number of carboxylic acids is 1. The first-order valence-electron chi connectivity index (χ1n) is 7.63. The Kier molecular flexibility index (Phi) is 6.88. The lowest BCUT2D eigenvalue weighted by atomic mass is 9.93. The van der Waals surface area contributed by atoms with Gasteiger partial charge in [-0.15, -0.1) is 0 Å². The average Bonchev–Trinajstić information content (AvgIpc) is 2.48. The molecule has 0 spiro atoms. The highest BCUT2D eigenvalue weighted by Gasteiger charge is 2.28. The van der Waals surface area contributed by atoms with Gasteiger partial charge >= 0.3 is 5.97 Å². The molecule has 1 aromatic rings. The van der Waals surface area contributed by atoms with Gasteiger partial charge in [0.05, 0.1) is 5.92 Å². The smallest absolute Gasteiger partial charge is 0.306 e. The van der Waals surface area contributed by atoms with E-state index in [1.165, 1.54) is 19.1 Å². The van der Waals surface area contributed by atoms with Gasteiger partial charge < -0.3 is 15.7 Å². The van der Waals surface area contributed by atoms with Gasteiger partial charge in [0.1, 0.15) is 11.9 Å². The van der Waals surface area contributed by atoms with Crippen LogP contribution in [0.2, 0.25) is 0 Å². The standard InChI is InChI=1S/C17H23FN2O4/c1-11(16(23)24)8-14(19-10-21)15(22)20-17(2,3)9-12-4-6-13(18)7-5-12/h4-7,10-11,14H,8-9H2,1-3H3,(H,19,21)(H,20,22)(H,23,24)/t11?,14-/m0/s1. The molecule has 1 aromatic carbocycles. The number of nitrogens with one attached hydrogen (secondary N) is 2. The van der Waals surface area contributed by atoms with E-state index < -0.39 is 29.4 Å². The van der Waals surface area contributed by atoms with E-state index in [1.54, 1.807) is 26.0 Å². The molecule has 7 heteroatoms. The van der Waals surface area contributed by atoms with Crippen LogP contribution in [0.15, 0.2) is 24.3 Å². The Morgan fingerprint density at radius 3 is 2.38 bits per heavy atom. The van der Waals surface area contributed by atoms with E-state index in [1.807, 2.05) is 0 Å². The van der Waals surface area contributed by atoms with Crippen LogP contribution >= 0.6 is 0 Å². The zero-order chi connectivity index (χ0) is 18.3. The number of carbonyl (C=O) groups excluding carboxylic acids is 2. The summed E-state index contributed by atoms with van der Waals surface area (Å²) in [6.07, 6.45) is 0.833. The molecular formula is C17H23FN2O4. The fraction of sp³-hybridized carbons (Fsp3) is 0.471. The highest BCUT2D eigenvalue weighted by atomic mass is 19.1. The molecule has 0 saturated heterocycles. The van der Waals surface area contributed by atoms with Crippen molar-refractivity contribution in [2.75, 3.05) is 0 Å². The second kappa shape index (κ2) is 8.42. The Hall–Kier alpha value is -2.44. The van der Waals surface area contributed by atoms with Crippen LogP contribution in [0.5, 0.6) is 0 Å². The third kappa shape index (κ3) is 6.36. The largest absolute Gasteiger partial charge is 0.481 e. The van der Waals surface area contributed by atoms with Gasteiger partial charge in [-0.2, -0.15) is 0 Å². The van der Waals surface area contributed by atoms with Crippen LogP contribution in [0.1, 0.15) is 32.8 Å². The molecule has 24 heavy (non-hydrogen) atoms. The van der Waals surface area contributed by atoms with Crippen molar-refractivity contribution in [1.82, 2.24) is 10.6 Å². The Morgan fingerprint density at radius 1 is 1.29 bits per heavy atom. The van der Waals surface area contributed by atoms with E-state index in [9.17, 15) is 18.8 Å². The van der Waals surface area contributed by atoms with Crippen LogP contribution in [0, 0.1) is 11.7 Å². The number of amides is 2. The minimum Gasteiger partial charge on any atom is -0.481 e. The second-order valence-corrected chi connectivity index (χ2v) is 6.49. The molecular weight excluding hydrogens is 315 g/mol. The Balaban J connectivity index is 2.74. The maximum Gasteiger partial charge on any atom is 0.306 e. The summed E-state index contributed by atoms with van der Waals surface area (Å²) < 4.78 is 12.9. The normalized spacial score (nSPS) is 13.7. The number of aliphatic carboxylic acids is 1. The predicted octanol–water partition coefficient (Wildman–Crippen LogP) is 1.49. The van der Waals surface area contributed by atoms with Crippen molar-refractivity contribution in [3.63, 3.8) is 0 Å². The lowest BCUT2D eigenvalue weighted by molar-refractivity contribution is -0.142. The summed E-state index contributed by atoms with van der Waals surface area (Å²) in [4.78, 5) is 34.0.